The number of nitrogens with one attached hydrogen (secondary N) is 1. The molecular weight excluding hydrogens is 254 g/mol. The van der Waals surface area contributed by atoms with Crippen molar-refractivity contribution in [2.45, 2.75) is 19.5 Å². The minimum atomic E-state index is -0.427. The van der Waals surface area contributed by atoms with E-state index < -0.39 is 4.92 Å². The molecule has 0 saturated carbocycles. The highest BCUT2D eigenvalue weighted by Crippen LogP contribution is 2.24. The predicted molar refractivity (Wildman–Crippen MR) is 70.8 cm³/mol. The molecule has 1 aromatic carbocycles. The Kier molecular flexibility index (Phi) is 4.16. The highest BCUT2D eigenvalue weighted by atomic mass is 35.5. The molecule has 0 aliphatic carbocycles. The third kappa shape index (κ3) is 2.98. The first-order valence-electron chi connectivity index (χ1n) is 5.95. The molecule has 0 aromatic heterocycles. The van der Waals surface area contributed by atoms with Crippen LogP contribution < -0.4 is 5.32 Å². The molecule has 18 heavy (non-hydrogen) atoms. The van der Waals surface area contributed by atoms with Crippen LogP contribution in [0.1, 0.15) is 12.5 Å². The number of nitro groups is 1. The molecule has 0 unspecified atom stereocenters. The molecule has 0 bridgehead atoms. The number of non-ortho nitro benzene ring substituents is 1. The van der Waals surface area contributed by atoms with E-state index in [-0.39, 0.29) is 5.69 Å². The lowest BCUT2D eigenvalue weighted by Gasteiger charge is -2.34. The Bertz CT molecular complexity index is 453. The average molecular weight is 270 g/mol. The highest BCUT2D eigenvalue weighted by Gasteiger charge is 2.19. The van der Waals surface area contributed by atoms with Gasteiger partial charge < -0.3 is 5.32 Å². The van der Waals surface area contributed by atoms with Gasteiger partial charge in [-0.25, -0.2) is 0 Å². The van der Waals surface area contributed by atoms with Gasteiger partial charge in [-0.05, 0) is 18.6 Å². The fourth-order valence-corrected chi connectivity index (χ4v) is 2.35. The van der Waals surface area contributed by atoms with E-state index in [9.17, 15) is 10.1 Å². The van der Waals surface area contributed by atoms with Gasteiger partial charge in [-0.3, -0.25) is 15.0 Å². The van der Waals surface area contributed by atoms with Crippen molar-refractivity contribution in [2.24, 2.45) is 0 Å². The normalized spacial score (nSPS) is 20.9. The second kappa shape index (κ2) is 5.65. The van der Waals surface area contributed by atoms with E-state index >= 15 is 0 Å². The summed E-state index contributed by atoms with van der Waals surface area (Å²) in [5, 5.41) is 14.4. The van der Waals surface area contributed by atoms with Crippen LogP contribution in [0.5, 0.6) is 0 Å². The Morgan fingerprint density at radius 1 is 1.61 bits per heavy atom. The number of nitro benzene ring substituents is 1. The summed E-state index contributed by atoms with van der Waals surface area (Å²) in [6, 6.07) is 5.12. The number of nitrogens with zero attached hydrogens (tertiary/aromatic N) is 2. The van der Waals surface area contributed by atoms with E-state index in [1.807, 2.05) is 0 Å². The molecule has 0 radical (unpaired) electrons. The SMILES string of the molecule is C[C@H]1CNCCN1Cc1ccc([N+](=O)[O-])cc1Cl. The molecule has 1 heterocycles. The number of piperazine rings is 1. The van der Waals surface area contributed by atoms with Crippen LogP contribution in [0.2, 0.25) is 5.02 Å². The topological polar surface area (TPSA) is 58.4 Å². The second-order valence-corrected chi connectivity index (χ2v) is 4.96. The summed E-state index contributed by atoms with van der Waals surface area (Å²) in [6.07, 6.45) is 0. The standard InChI is InChI=1S/C12H16ClN3O2/c1-9-7-14-4-5-15(9)8-10-2-3-11(16(17)18)6-12(10)13/h2-3,6,9,14H,4-5,7-8H2,1H3/t9-/m0/s1. The molecule has 98 valence electrons. The number of halogens is 1. The molecule has 1 aliphatic heterocycles. The minimum Gasteiger partial charge on any atom is -0.314 e. The maximum atomic E-state index is 10.6. The van der Waals surface area contributed by atoms with Crippen molar-refractivity contribution in [3.8, 4) is 0 Å². The van der Waals surface area contributed by atoms with E-state index in [2.05, 4.69) is 17.1 Å². The van der Waals surface area contributed by atoms with Crippen LogP contribution in [-0.2, 0) is 6.54 Å². The second-order valence-electron chi connectivity index (χ2n) is 4.56. The third-order valence-electron chi connectivity index (χ3n) is 3.26. The van der Waals surface area contributed by atoms with Gasteiger partial charge in [-0.15, -0.1) is 0 Å². The lowest BCUT2D eigenvalue weighted by Crippen LogP contribution is -2.49. The molecular formula is C12H16ClN3O2. The first-order chi connectivity index (χ1) is 8.58. The Morgan fingerprint density at radius 2 is 2.39 bits per heavy atom. The zero-order valence-corrected chi connectivity index (χ0v) is 11.0. The largest absolute Gasteiger partial charge is 0.314 e. The Labute approximate surface area is 111 Å². The van der Waals surface area contributed by atoms with Crippen molar-refractivity contribution in [3.63, 3.8) is 0 Å². The van der Waals surface area contributed by atoms with Gasteiger partial charge in [0.05, 0.1) is 9.95 Å². The van der Waals surface area contributed by atoms with Crippen LogP contribution in [-0.4, -0.2) is 35.5 Å². The summed E-state index contributed by atoms with van der Waals surface area (Å²) >= 11 is 6.09. The summed E-state index contributed by atoms with van der Waals surface area (Å²) in [7, 11) is 0. The number of hydrogen-bond acceptors (Lipinski definition) is 4. The van der Waals surface area contributed by atoms with Crippen LogP contribution in [0.4, 0.5) is 5.69 Å². The smallest absolute Gasteiger partial charge is 0.270 e. The van der Waals surface area contributed by atoms with Crippen molar-refractivity contribution in [2.75, 3.05) is 19.6 Å². The van der Waals surface area contributed by atoms with E-state index in [1.165, 1.54) is 12.1 Å². The molecule has 1 fully saturated rings. The fourth-order valence-electron chi connectivity index (χ4n) is 2.11. The van der Waals surface area contributed by atoms with Crippen molar-refractivity contribution in [1.82, 2.24) is 10.2 Å². The van der Waals surface area contributed by atoms with Crippen molar-refractivity contribution in [1.29, 1.82) is 0 Å². The van der Waals surface area contributed by atoms with Gasteiger partial charge in [-0.1, -0.05) is 11.6 Å². The Hall–Kier alpha value is -1.17. The summed E-state index contributed by atoms with van der Waals surface area (Å²) in [4.78, 5) is 12.5. The van der Waals surface area contributed by atoms with E-state index in [1.54, 1.807) is 6.07 Å². The quantitative estimate of drug-likeness (QED) is 0.674. The van der Waals surface area contributed by atoms with Crippen molar-refractivity contribution >= 4 is 17.3 Å². The van der Waals surface area contributed by atoms with Gasteiger partial charge >= 0.3 is 0 Å². The van der Waals surface area contributed by atoms with Crippen LogP contribution in [0.3, 0.4) is 0 Å². The van der Waals surface area contributed by atoms with Crippen LogP contribution >= 0.6 is 11.6 Å². The summed E-state index contributed by atoms with van der Waals surface area (Å²) < 4.78 is 0. The first-order valence-corrected chi connectivity index (χ1v) is 6.33. The molecule has 2 rings (SSSR count). The van der Waals surface area contributed by atoms with Crippen molar-refractivity contribution < 1.29 is 4.92 Å². The predicted octanol–water partition coefficient (Wildman–Crippen LogP) is 2.04. The van der Waals surface area contributed by atoms with E-state index in [0.717, 1.165) is 31.7 Å². The summed E-state index contributed by atoms with van der Waals surface area (Å²) in [6.45, 7) is 5.79. The third-order valence-corrected chi connectivity index (χ3v) is 3.61. The average Bonchev–Trinajstić information content (AvgIpc) is 2.34. The number of benzene rings is 1. The van der Waals surface area contributed by atoms with E-state index in [0.29, 0.717) is 11.1 Å². The van der Waals surface area contributed by atoms with Gasteiger partial charge in [0.1, 0.15) is 0 Å². The highest BCUT2D eigenvalue weighted by molar-refractivity contribution is 6.31. The molecule has 1 aliphatic rings. The van der Waals surface area contributed by atoms with Gasteiger partial charge in [0.15, 0.2) is 0 Å². The molecule has 6 heteroatoms. The van der Waals surface area contributed by atoms with Crippen LogP contribution in [0.15, 0.2) is 18.2 Å². The lowest BCUT2D eigenvalue weighted by molar-refractivity contribution is -0.384. The van der Waals surface area contributed by atoms with Gasteiger partial charge in [0, 0.05) is 44.4 Å². The molecule has 1 saturated heterocycles. The van der Waals surface area contributed by atoms with E-state index in [4.69, 9.17) is 11.6 Å². The summed E-state index contributed by atoms with van der Waals surface area (Å²) in [5.41, 5.74) is 0.980. The maximum absolute atomic E-state index is 10.6. The monoisotopic (exact) mass is 269 g/mol. The lowest BCUT2D eigenvalue weighted by atomic mass is 10.1. The van der Waals surface area contributed by atoms with Gasteiger partial charge in [0.25, 0.3) is 5.69 Å². The van der Waals surface area contributed by atoms with Crippen LogP contribution in [0.25, 0.3) is 0 Å². The van der Waals surface area contributed by atoms with Gasteiger partial charge in [-0.2, -0.15) is 0 Å². The molecule has 1 atom stereocenters. The molecule has 0 amide bonds. The van der Waals surface area contributed by atoms with Crippen LogP contribution in [0, 0.1) is 10.1 Å². The molecule has 1 aromatic rings. The zero-order valence-electron chi connectivity index (χ0n) is 10.2. The minimum absolute atomic E-state index is 0.0390. The maximum Gasteiger partial charge on any atom is 0.270 e. The first kappa shape index (κ1) is 13.3. The molecule has 1 N–H and O–H groups in total. The number of rotatable bonds is 3. The van der Waals surface area contributed by atoms with Gasteiger partial charge in [0.2, 0.25) is 0 Å². The number of hydrogen-bond donors (Lipinski definition) is 1. The van der Waals surface area contributed by atoms with Crippen molar-refractivity contribution in [3.05, 3.63) is 38.9 Å². The molecule has 0 spiro atoms. The fraction of sp³-hybridized carbons (Fsp3) is 0.500. The zero-order chi connectivity index (χ0) is 13.1. The summed E-state index contributed by atoms with van der Waals surface area (Å²) in [5.74, 6) is 0. The Morgan fingerprint density at radius 3 is 3.00 bits per heavy atom. The Balaban J connectivity index is 2.11. The molecule has 5 nitrogen and oxygen atoms in total.